The molecule has 0 aromatic heterocycles. The van der Waals surface area contributed by atoms with Gasteiger partial charge in [0.2, 0.25) is 0 Å². The molecular formula is C8H13ClO2. The lowest BCUT2D eigenvalue weighted by Crippen LogP contribution is -1.93. The highest BCUT2D eigenvalue weighted by Gasteiger charge is 1.96. The van der Waals surface area contributed by atoms with E-state index in [9.17, 15) is 4.79 Å². The second-order valence-electron chi connectivity index (χ2n) is 2.47. The van der Waals surface area contributed by atoms with Gasteiger partial charge in [0, 0.05) is 11.5 Å². The quantitative estimate of drug-likeness (QED) is 0.632. The van der Waals surface area contributed by atoms with Gasteiger partial charge in [-0.1, -0.05) is 24.6 Å². The predicted octanol–water partition coefficient (Wildman–Crippen LogP) is 2.77. The van der Waals surface area contributed by atoms with Crippen LogP contribution in [0.5, 0.6) is 0 Å². The maximum atomic E-state index is 10.1. The molecule has 0 aliphatic carbocycles. The van der Waals surface area contributed by atoms with E-state index in [0.29, 0.717) is 5.03 Å². The van der Waals surface area contributed by atoms with Crippen LogP contribution in [-0.2, 0) is 4.79 Å². The Hall–Kier alpha value is -0.500. The van der Waals surface area contributed by atoms with Crippen molar-refractivity contribution in [3.63, 3.8) is 0 Å². The fraction of sp³-hybridized carbons (Fsp3) is 0.625. The van der Waals surface area contributed by atoms with Crippen molar-refractivity contribution in [2.75, 3.05) is 0 Å². The minimum absolute atomic E-state index is 0.259. The van der Waals surface area contributed by atoms with Gasteiger partial charge in [-0.3, -0.25) is 4.79 Å². The van der Waals surface area contributed by atoms with E-state index in [0.717, 1.165) is 25.7 Å². The van der Waals surface area contributed by atoms with Crippen molar-refractivity contribution in [3.8, 4) is 0 Å². The number of halogens is 1. The maximum Gasteiger partial charge on any atom is 0.303 e. The van der Waals surface area contributed by atoms with Crippen LogP contribution in [0.4, 0.5) is 0 Å². The smallest absolute Gasteiger partial charge is 0.303 e. The summed E-state index contributed by atoms with van der Waals surface area (Å²) >= 11 is 5.51. The van der Waals surface area contributed by atoms with Crippen molar-refractivity contribution in [3.05, 3.63) is 11.6 Å². The van der Waals surface area contributed by atoms with Crippen LogP contribution in [0, 0.1) is 0 Å². The average molecular weight is 177 g/mol. The SMILES string of the molecule is C=C(Cl)CCCCCC(=O)O. The zero-order chi connectivity index (χ0) is 8.69. The van der Waals surface area contributed by atoms with E-state index in [4.69, 9.17) is 16.7 Å². The summed E-state index contributed by atoms with van der Waals surface area (Å²) in [5, 5.41) is 8.93. The molecule has 0 saturated heterocycles. The van der Waals surface area contributed by atoms with Crippen LogP contribution in [0.2, 0.25) is 0 Å². The van der Waals surface area contributed by atoms with E-state index in [1.54, 1.807) is 0 Å². The van der Waals surface area contributed by atoms with Crippen LogP contribution in [0.3, 0.4) is 0 Å². The summed E-state index contributed by atoms with van der Waals surface area (Å²) in [7, 11) is 0. The lowest BCUT2D eigenvalue weighted by Gasteiger charge is -1.96. The molecule has 0 aromatic carbocycles. The first kappa shape index (κ1) is 10.5. The van der Waals surface area contributed by atoms with Crippen molar-refractivity contribution in [1.82, 2.24) is 0 Å². The van der Waals surface area contributed by atoms with E-state index in [1.807, 2.05) is 0 Å². The van der Waals surface area contributed by atoms with Crippen LogP contribution in [0.25, 0.3) is 0 Å². The van der Waals surface area contributed by atoms with E-state index in [1.165, 1.54) is 0 Å². The second kappa shape index (κ2) is 6.23. The third kappa shape index (κ3) is 9.50. The Balaban J connectivity index is 3.03. The second-order valence-corrected chi connectivity index (χ2v) is 3.01. The molecule has 1 N–H and O–H groups in total. The fourth-order valence-electron chi connectivity index (χ4n) is 0.770. The Labute approximate surface area is 71.9 Å². The van der Waals surface area contributed by atoms with Crippen molar-refractivity contribution in [1.29, 1.82) is 0 Å². The Kier molecular flexibility index (Phi) is 5.94. The standard InChI is InChI=1S/C8H13ClO2/c1-7(9)5-3-2-4-6-8(10)11/h1-6H2,(H,10,11). The summed E-state index contributed by atoms with van der Waals surface area (Å²) < 4.78 is 0. The third-order valence-corrected chi connectivity index (χ3v) is 1.53. The molecule has 0 bridgehead atoms. The third-order valence-electron chi connectivity index (χ3n) is 1.34. The molecule has 0 saturated carbocycles. The van der Waals surface area contributed by atoms with Crippen LogP contribution in [-0.4, -0.2) is 11.1 Å². The molecular weight excluding hydrogens is 164 g/mol. The van der Waals surface area contributed by atoms with E-state index in [-0.39, 0.29) is 6.42 Å². The van der Waals surface area contributed by atoms with E-state index < -0.39 is 5.97 Å². The first-order valence-electron chi connectivity index (χ1n) is 3.68. The normalized spacial score (nSPS) is 9.55. The highest BCUT2D eigenvalue weighted by Crippen LogP contribution is 2.10. The number of hydrogen-bond donors (Lipinski definition) is 1. The monoisotopic (exact) mass is 176 g/mol. The minimum Gasteiger partial charge on any atom is -0.481 e. The van der Waals surface area contributed by atoms with Gasteiger partial charge in [0.05, 0.1) is 0 Å². The molecule has 0 unspecified atom stereocenters. The highest BCUT2D eigenvalue weighted by atomic mass is 35.5. The Morgan fingerprint density at radius 2 is 1.82 bits per heavy atom. The van der Waals surface area contributed by atoms with Crippen molar-refractivity contribution in [2.45, 2.75) is 32.1 Å². The molecule has 11 heavy (non-hydrogen) atoms. The summed E-state index contributed by atoms with van der Waals surface area (Å²) in [5.41, 5.74) is 0. The molecule has 0 rings (SSSR count). The number of aliphatic carboxylic acids is 1. The van der Waals surface area contributed by atoms with Crippen LogP contribution in [0.1, 0.15) is 32.1 Å². The fourth-order valence-corrected chi connectivity index (χ4v) is 0.903. The summed E-state index contributed by atoms with van der Waals surface area (Å²) in [4.78, 5) is 10.1. The van der Waals surface area contributed by atoms with Crippen LogP contribution in [0.15, 0.2) is 11.6 Å². The van der Waals surface area contributed by atoms with Gasteiger partial charge >= 0.3 is 5.97 Å². The summed E-state index contributed by atoms with van der Waals surface area (Å²) in [6, 6.07) is 0. The molecule has 0 amide bonds. The number of unbranched alkanes of at least 4 members (excludes halogenated alkanes) is 2. The van der Waals surface area contributed by atoms with Gasteiger partial charge in [-0.15, -0.1) is 0 Å². The van der Waals surface area contributed by atoms with Gasteiger partial charge in [-0.25, -0.2) is 0 Å². The number of allylic oxidation sites excluding steroid dienone is 1. The molecule has 0 heterocycles. The predicted molar refractivity (Wildman–Crippen MR) is 45.7 cm³/mol. The molecule has 0 aliphatic rings. The van der Waals surface area contributed by atoms with Crippen LogP contribution < -0.4 is 0 Å². The largest absolute Gasteiger partial charge is 0.481 e. The van der Waals surface area contributed by atoms with Crippen molar-refractivity contribution < 1.29 is 9.90 Å². The summed E-state index contributed by atoms with van der Waals surface area (Å²) in [6.45, 7) is 3.54. The highest BCUT2D eigenvalue weighted by molar-refractivity contribution is 6.29. The molecule has 0 radical (unpaired) electrons. The van der Waals surface area contributed by atoms with Gasteiger partial charge in [-0.2, -0.15) is 0 Å². The van der Waals surface area contributed by atoms with E-state index in [2.05, 4.69) is 6.58 Å². The molecule has 64 valence electrons. The minimum atomic E-state index is -0.727. The van der Waals surface area contributed by atoms with E-state index >= 15 is 0 Å². The summed E-state index contributed by atoms with van der Waals surface area (Å²) in [5.74, 6) is -0.727. The van der Waals surface area contributed by atoms with Gasteiger partial charge in [0.15, 0.2) is 0 Å². The van der Waals surface area contributed by atoms with Gasteiger partial charge in [0.25, 0.3) is 0 Å². The Bertz CT molecular complexity index is 127. The van der Waals surface area contributed by atoms with Gasteiger partial charge in [-0.05, 0) is 19.3 Å². The topological polar surface area (TPSA) is 37.3 Å². The lowest BCUT2D eigenvalue weighted by molar-refractivity contribution is -0.137. The molecule has 0 atom stereocenters. The lowest BCUT2D eigenvalue weighted by atomic mass is 10.1. The Morgan fingerprint density at radius 3 is 2.27 bits per heavy atom. The summed E-state index contributed by atoms with van der Waals surface area (Å²) in [6.07, 6.45) is 3.64. The number of carboxylic acid groups (broad SMARTS) is 1. The molecule has 3 heteroatoms. The average Bonchev–Trinajstić information content (AvgIpc) is 1.85. The number of carbonyl (C=O) groups is 1. The van der Waals surface area contributed by atoms with Crippen LogP contribution >= 0.6 is 11.6 Å². The first-order chi connectivity index (χ1) is 5.13. The zero-order valence-corrected chi connectivity index (χ0v) is 7.23. The van der Waals surface area contributed by atoms with Crippen molar-refractivity contribution in [2.24, 2.45) is 0 Å². The Morgan fingerprint density at radius 1 is 1.27 bits per heavy atom. The zero-order valence-electron chi connectivity index (χ0n) is 6.48. The maximum absolute atomic E-state index is 10.1. The molecule has 0 aromatic rings. The van der Waals surface area contributed by atoms with Gasteiger partial charge < -0.3 is 5.11 Å². The van der Waals surface area contributed by atoms with Gasteiger partial charge in [0.1, 0.15) is 0 Å². The molecule has 0 spiro atoms. The molecule has 0 fully saturated rings. The number of rotatable bonds is 6. The first-order valence-corrected chi connectivity index (χ1v) is 4.06. The molecule has 2 nitrogen and oxygen atoms in total. The number of carboxylic acids is 1. The number of hydrogen-bond acceptors (Lipinski definition) is 1. The van der Waals surface area contributed by atoms with Crippen molar-refractivity contribution >= 4 is 17.6 Å². The molecule has 0 aliphatic heterocycles.